The predicted molar refractivity (Wildman–Crippen MR) is 80.3 cm³/mol. The van der Waals surface area contributed by atoms with Crippen molar-refractivity contribution >= 4 is 23.3 Å². The van der Waals surface area contributed by atoms with Crippen LogP contribution in [-0.4, -0.2) is 61.7 Å². The fraction of sp³-hybridized carbons (Fsp3) is 0.429. The Balaban J connectivity index is 2.03. The van der Waals surface area contributed by atoms with E-state index in [2.05, 4.69) is 5.32 Å². The van der Waals surface area contributed by atoms with Gasteiger partial charge in [0.1, 0.15) is 0 Å². The van der Waals surface area contributed by atoms with Crippen LogP contribution in [-0.2, 0) is 14.3 Å². The van der Waals surface area contributed by atoms with Crippen molar-refractivity contribution in [2.75, 3.05) is 45.3 Å². The molecule has 23 heavy (non-hydrogen) atoms. The van der Waals surface area contributed by atoms with Gasteiger partial charge in [0.25, 0.3) is 11.6 Å². The molecule has 2 rings (SSSR count). The van der Waals surface area contributed by atoms with Gasteiger partial charge in [-0.25, -0.2) is 4.79 Å². The zero-order chi connectivity index (χ0) is 16.8. The second-order valence-corrected chi connectivity index (χ2v) is 4.81. The van der Waals surface area contributed by atoms with Crippen LogP contribution in [0.2, 0.25) is 0 Å². The zero-order valence-corrected chi connectivity index (χ0v) is 12.6. The Bertz CT molecular complexity index is 613. The molecule has 1 aromatic rings. The van der Waals surface area contributed by atoms with E-state index in [0.717, 1.165) is 6.07 Å². The first-order valence-corrected chi connectivity index (χ1v) is 7.01. The van der Waals surface area contributed by atoms with Gasteiger partial charge >= 0.3 is 5.97 Å². The molecule has 9 heteroatoms. The zero-order valence-electron chi connectivity index (χ0n) is 12.6. The van der Waals surface area contributed by atoms with E-state index >= 15 is 0 Å². The normalized spacial score (nSPS) is 14.2. The fourth-order valence-electron chi connectivity index (χ4n) is 2.14. The monoisotopic (exact) mass is 323 g/mol. The second-order valence-electron chi connectivity index (χ2n) is 4.81. The van der Waals surface area contributed by atoms with E-state index in [1.165, 1.54) is 12.1 Å². The molecule has 1 fully saturated rings. The van der Waals surface area contributed by atoms with Crippen molar-refractivity contribution in [1.29, 1.82) is 0 Å². The molecule has 9 nitrogen and oxygen atoms in total. The summed E-state index contributed by atoms with van der Waals surface area (Å²) in [7, 11) is 1.58. The average molecular weight is 323 g/mol. The highest BCUT2D eigenvalue weighted by Gasteiger charge is 2.21. The van der Waals surface area contributed by atoms with Gasteiger partial charge in [0, 0.05) is 38.0 Å². The number of benzene rings is 1. The number of carbonyl (C=O) groups is 2. The van der Waals surface area contributed by atoms with Crippen molar-refractivity contribution in [1.82, 2.24) is 4.90 Å². The van der Waals surface area contributed by atoms with Crippen molar-refractivity contribution in [3.05, 3.63) is 33.9 Å². The molecule has 1 amide bonds. The molecule has 0 spiro atoms. The van der Waals surface area contributed by atoms with Crippen molar-refractivity contribution in [2.24, 2.45) is 0 Å². The molecule has 1 aliphatic rings. The van der Waals surface area contributed by atoms with E-state index in [-0.39, 0.29) is 17.2 Å². The van der Waals surface area contributed by atoms with Gasteiger partial charge in [0.15, 0.2) is 6.61 Å². The summed E-state index contributed by atoms with van der Waals surface area (Å²) in [5.41, 5.74) is 0.173. The summed E-state index contributed by atoms with van der Waals surface area (Å²) in [6.07, 6.45) is 0. The summed E-state index contributed by atoms with van der Waals surface area (Å²) in [6.45, 7) is 1.40. The van der Waals surface area contributed by atoms with Crippen LogP contribution in [0.4, 0.5) is 11.4 Å². The summed E-state index contributed by atoms with van der Waals surface area (Å²) in [6, 6.07) is 3.81. The SMILES string of the molecule is CNc1ccc([N+](=O)[O-])cc1C(=O)OCC(=O)N1CCOCC1. The Morgan fingerprint density at radius 2 is 2.09 bits per heavy atom. The minimum Gasteiger partial charge on any atom is -0.452 e. The van der Waals surface area contributed by atoms with Crippen molar-refractivity contribution < 1.29 is 24.0 Å². The largest absolute Gasteiger partial charge is 0.452 e. The smallest absolute Gasteiger partial charge is 0.341 e. The molecule has 0 aliphatic carbocycles. The standard InChI is InChI=1S/C14H17N3O6/c1-15-12-3-2-10(17(20)21)8-11(12)14(19)23-9-13(18)16-4-6-22-7-5-16/h2-3,8,15H,4-7,9H2,1H3. The van der Waals surface area contributed by atoms with Crippen molar-refractivity contribution in [3.8, 4) is 0 Å². The van der Waals surface area contributed by atoms with Crippen LogP contribution >= 0.6 is 0 Å². The van der Waals surface area contributed by atoms with Crippen LogP contribution in [0, 0.1) is 10.1 Å². The van der Waals surface area contributed by atoms with Crippen molar-refractivity contribution in [2.45, 2.75) is 0 Å². The molecule has 0 aromatic heterocycles. The molecule has 0 bridgehead atoms. The highest BCUT2D eigenvalue weighted by atomic mass is 16.6. The average Bonchev–Trinajstić information content (AvgIpc) is 2.59. The number of hydrogen-bond acceptors (Lipinski definition) is 7. The molecule has 0 radical (unpaired) electrons. The number of nitrogens with one attached hydrogen (secondary N) is 1. The van der Waals surface area contributed by atoms with E-state index in [0.29, 0.717) is 32.0 Å². The lowest BCUT2D eigenvalue weighted by Gasteiger charge is -2.26. The Morgan fingerprint density at radius 3 is 2.70 bits per heavy atom. The highest BCUT2D eigenvalue weighted by Crippen LogP contribution is 2.22. The maximum absolute atomic E-state index is 12.1. The fourth-order valence-corrected chi connectivity index (χ4v) is 2.14. The van der Waals surface area contributed by atoms with Gasteiger partial charge in [0.05, 0.1) is 23.7 Å². The summed E-state index contributed by atoms with van der Waals surface area (Å²) in [5.74, 6) is -1.11. The van der Waals surface area contributed by atoms with Gasteiger partial charge in [0.2, 0.25) is 0 Å². The number of amides is 1. The van der Waals surface area contributed by atoms with Crippen LogP contribution in [0.15, 0.2) is 18.2 Å². The molecule has 0 saturated carbocycles. The molecule has 1 saturated heterocycles. The number of ether oxygens (including phenoxy) is 2. The predicted octanol–water partition coefficient (Wildman–Crippen LogP) is 0.652. The molecule has 1 aliphatic heterocycles. The van der Waals surface area contributed by atoms with Crippen LogP contribution in [0.3, 0.4) is 0 Å². The van der Waals surface area contributed by atoms with E-state index in [1.54, 1.807) is 11.9 Å². The number of nitro groups is 1. The lowest BCUT2D eigenvalue weighted by atomic mass is 10.1. The Labute approximate surface area is 132 Å². The van der Waals surface area contributed by atoms with Crippen LogP contribution in [0.25, 0.3) is 0 Å². The third-order valence-corrected chi connectivity index (χ3v) is 3.39. The maximum Gasteiger partial charge on any atom is 0.341 e. The van der Waals surface area contributed by atoms with Gasteiger partial charge < -0.3 is 19.7 Å². The first kappa shape index (κ1) is 16.7. The van der Waals surface area contributed by atoms with Gasteiger partial charge in [-0.15, -0.1) is 0 Å². The Hall–Kier alpha value is -2.68. The molecule has 124 valence electrons. The number of rotatable bonds is 5. The van der Waals surface area contributed by atoms with Crippen molar-refractivity contribution in [3.63, 3.8) is 0 Å². The third-order valence-electron chi connectivity index (χ3n) is 3.39. The van der Waals surface area contributed by atoms with E-state index < -0.39 is 17.5 Å². The van der Waals surface area contributed by atoms with Crippen LogP contribution in [0.5, 0.6) is 0 Å². The minimum atomic E-state index is -0.792. The molecule has 1 N–H and O–H groups in total. The van der Waals surface area contributed by atoms with Gasteiger partial charge in [-0.05, 0) is 6.07 Å². The lowest BCUT2D eigenvalue weighted by Crippen LogP contribution is -2.42. The van der Waals surface area contributed by atoms with Gasteiger partial charge in [-0.3, -0.25) is 14.9 Å². The summed E-state index contributed by atoms with van der Waals surface area (Å²) >= 11 is 0. The lowest BCUT2D eigenvalue weighted by molar-refractivity contribution is -0.384. The summed E-state index contributed by atoms with van der Waals surface area (Å²) in [4.78, 5) is 35.8. The summed E-state index contributed by atoms with van der Waals surface area (Å²) < 4.78 is 10.1. The van der Waals surface area contributed by atoms with Gasteiger partial charge in [-0.2, -0.15) is 0 Å². The molecular weight excluding hydrogens is 306 g/mol. The molecule has 1 aromatic carbocycles. The van der Waals surface area contributed by atoms with E-state index in [9.17, 15) is 19.7 Å². The number of carbonyl (C=O) groups excluding carboxylic acids is 2. The number of nitrogens with zero attached hydrogens (tertiary/aromatic N) is 2. The second kappa shape index (κ2) is 7.54. The Kier molecular flexibility index (Phi) is 5.47. The molecule has 0 unspecified atom stereocenters. The quantitative estimate of drug-likeness (QED) is 0.481. The number of nitro benzene ring substituents is 1. The third kappa shape index (κ3) is 4.16. The van der Waals surface area contributed by atoms with E-state index in [1.807, 2.05) is 0 Å². The molecule has 0 atom stereocenters. The first-order chi connectivity index (χ1) is 11.0. The molecule has 1 heterocycles. The highest BCUT2D eigenvalue weighted by molar-refractivity contribution is 5.97. The first-order valence-electron chi connectivity index (χ1n) is 7.01. The van der Waals surface area contributed by atoms with E-state index in [4.69, 9.17) is 9.47 Å². The van der Waals surface area contributed by atoms with Crippen LogP contribution in [0.1, 0.15) is 10.4 Å². The summed E-state index contributed by atoms with van der Waals surface area (Å²) in [5, 5.41) is 13.6. The topological polar surface area (TPSA) is 111 Å². The van der Waals surface area contributed by atoms with Gasteiger partial charge in [-0.1, -0.05) is 0 Å². The maximum atomic E-state index is 12.1. The number of esters is 1. The number of anilines is 1. The number of non-ortho nitro benzene ring substituents is 1. The minimum absolute atomic E-state index is 0.0106. The number of morpholine rings is 1. The number of hydrogen-bond donors (Lipinski definition) is 1. The Morgan fingerprint density at radius 1 is 1.39 bits per heavy atom. The molecular formula is C14H17N3O6. The van der Waals surface area contributed by atoms with Crippen LogP contribution < -0.4 is 5.32 Å².